The summed E-state index contributed by atoms with van der Waals surface area (Å²) in [4.78, 5) is 19.4. The van der Waals surface area contributed by atoms with E-state index in [2.05, 4.69) is 4.99 Å². The molecule has 0 saturated carbocycles. The van der Waals surface area contributed by atoms with Crippen molar-refractivity contribution >= 4 is 34.6 Å². The monoisotopic (exact) mass is 338 g/mol. The number of carbonyl (C=O) groups is 1. The van der Waals surface area contributed by atoms with E-state index in [-0.39, 0.29) is 11.7 Å². The molecule has 24 heavy (non-hydrogen) atoms. The number of aryl methyl sites for hydroxylation is 1. The van der Waals surface area contributed by atoms with Crippen LogP contribution in [0.25, 0.3) is 6.08 Å². The zero-order valence-corrected chi connectivity index (χ0v) is 14.4. The van der Waals surface area contributed by atoms with Gasteiger partial charge in [-0.05, 0) is 49.9 Å². The number of phenolic OH excluding ortho intramolecular Hbond substituents is 1. The Bertz CT molecular complexity index is 826. The van der Waals surface area contributed by atoms with Gasteiger partial charge in [-0.25, -0.2) is 4.99 Å². The molecule has 0 spiro atoms. The van der Waals surface area contributed by atoms with Gasteiger partial charge in [0, 0.05) is 12.1 Å². The number of thioether (sulfide) groups is 1. The van der Waals surface area contributed by atoms with Crippen molar-refractivity contribution in [3.05, 3.63) is 64.6 Å². The molecular weight excluding hydrogens is 320 g/mol. The summed E-state index contributed by atoms with van der Waals surface area (Å²) < 4.78 is 0. The second-order valence-corrected chi connectivity index (χ2v) is 6.46. The summed E-state index contributed by atoms with van der Waals surface area (Å²) in [7, 11) is 0. The lowest BCUT2D eigenvalue weighted by Crippen LogP contribution is -2.28. The fraction of sp³-hybridized carbons (Fsp3) is 0.158. The van der Waals surface area contributed by atoms with Crippen LogP contribution < -0.4 is 0 Å². The number of phenols is 1. The Morgan fingerprint density at radius 1 is 1.17 bits per heavy atom. The number of rotatable bonds is 3. The van der Waals surface area contributed by atoms with E-state index in [0.717, 1.165) is 5.69 Å². The van der Waals surface area contributed by atoms with Crippen molar-refractivity contribution in [2.75, 3.05) is 6.54 Å². The van der Waals surface area contributed by atoms with E-state index < -0.39 is 0 Å². The van der Waals surface area contributed by atoms with Crippen LogP contribution in [0.5, 0.6) is 5.75 Å². The molecule has 1 heterocycles. The van der Waals surface area contributed by atoms with Crippen molar-refractivity contribution < 1.29 is 9.90 Å². The number of amides is 1. The molecule has 1 fully saturated rings. The number of nitrogens with zero attached hydrogens (tertiary/aromatic N) is 2. The van der Waals surface area contributed by atoms with Gasteiger partial charge in [-0.15, -0.1) is 0 Å². The first-order valence-electron chi connectivity index (χ1n) is 7.73. The second-order valence-electron chi connectivity index (χ2n) is 5.45. The fourth-order valence-corrected chi connectivity index (χ4v) is 3.40. The van der Waals surface area contributed by atoms with Gasteiger partial charge in [-0.2, -0.15) is 0 Å². The summed E-state index contributed by atoms with van der Waals surface area (Å²) in [5.74, 6) is 0.0713. The van der Waals surface area contributed by atoms with Gasteiger partial charge < -0.3 is 5.11 Å². The average Bonchev–Trinajstić information content (AvgIpc) is 2.87. The predicted molar refractivity (Wildman–Crippen MR) is 99.3 cm³/mol. The number of benzene rings is 2. The van der Waals surface area contributed by atoms with Gasteiger partial charge in [-0.3, -0.25) is 9.69 Å². The molecule has 0 aliphatic carbocycles. The van der Waals surface area contributed by atoms with Gasteiger partial charge in [0.1, 0.15) is 5.75 Å². The molecule has 5 heteroatoms. The van der Waals surface area contributed by atoms with Crippen LogP contribution in [-0.2, 0) is 4.79 Å². The van der Waals surface area contributed by atoms with Gasteiger partial charge in [0.15, 0.2) is 5.17 Å². The third-order valence-corrected chi connectivity index (χ3v) is 4.69. The zero-order chi connectivity index (χ0) is 17.1. The lowest BCUT2D eigenvalue weighted by molar-refractivity contribution is -0.122. The quantitative estimate of drug-likeness (QED) is 0.848. The Labute approximate surface area is 145 Å². The van der Waals surface area contributed by atoms with Crippen molar-refractivity contribution in [3.8, 4) is 5.75 Å². The van der Waals surface area contributed by atoms with Gasteiger partial charge in [0.05, 0.1) is 10.6 Å². The van der Waals surface area contributed by atoms with E-state index in [1.807, 2.05) is 44.2 Å². The molecule has 3 rings (SSSR count). The summed E-state index contributed by atoms with van der Waals surface area (Å²) in [6, 6.07) is 14.8. The van der Waals surface area contributed by atoms with E-state index in [1.54, 1.807) is 29.2 Å². The maximum Gasteiger partial charge on any atom is 0.266 e. The van der Waals surface area contributed by atoms with Crippen LogP contribution in [0, 0.1) is 6.92 Å². The smallest absolute Gasteiger partial charge is 0.266 e. The summed E-state index contributed by atoms with van der Waals surface area (Å²) in [5.41, 5.74) is 2.61. The summed E-state index contributed by atoms with van der Waals surface area (Å²) in [6.45, 7) is 4.50. The number of hydrogen-bond acceptors (Lipinski definition) is 4. The first kappa shape index (κ1) is 16.3. The molecule has 1 saturated heterocycles. The van der Waals surface area contributed by atoms with Crippen molar-refractivity contribution in [2.24, 2.45) is 4.99 Å². The van der Waals surface area contributed by atoms with Crippen molar-refractivity contribution in [3.63, 3.8) is 0 Å². The lowest BCUT2D eigenvalue weighted by Gasteiger charge is -2.12. The molecule has 0 aromatic heterocycles. The molecule has 2 aromatic carbocycles. The Morgan fingerprint density at radius 3 is 2.54 bits per heavy atom. The summed E-state index contributed by atoms with van der Waals surface area (Å²) in [5, 5.41) is 10.6. The highest BCUT2D eigenvalue weighted by molar-refractivity contribution is 8.18. The van der Waals surface area contributed by atoms with Crippen LogP contribution in [0.1, 0.15) is 18.1 Å². The minimum atomic E-state index is -0.0865. The van der Waals surface area contributed by atoms with Crippen LogP contribution in [0.15, 0.2) is 58.4 Å². The number of carbonyl (C=O) groups excluding carboxylic acids is 1. The summed E-state index contributed by atoms with van der Waals surface area (Å²) >= 11 is 1.33. The molecule has 1 aliphatic rings. The number of aromatic hydroxyl groups is 1. The zero-order valence-electron chi connectivity index (χ0n) is 13.6. The minimum Gasteiger partial charge on any atom is -0.507 e. The van der Waals surface area contributed by atoms with Crippen LogP contribution in [0.3, 0.4) is 0 Å². The van der Waals surface area contributed by atoms with E-state index in [9.17, 15) is 9.90 Å². The van der Waals surface area contributed by atoms with E-state index in [0.29, 0.717) is 22.2 Å². The van der Waals surface area contributed by atoms with Crippen LogP contribution >= 0.6 is 11.8 Å². The van der Waals surface area contributed by atoms with Gasteiger partial charge in [0.2, 0.25) is 0 Å². The maximum atomic E-state index is 12.6. The highest BCUT2D eigenvalue weighted by atomic mass is 32.2. The molecule has 2 aromatic rings. The maximum absolute atomic E-state index is 12.6. The molecule has 1 amide bonds. The van der Waals surface area contributed by atoms with Crippen LogP contribution in [0.4, 0.5) is 5.69 Å². The van der Waals surface area contributed by atoms with Gasteiger partial charge >= 0.3 is 0 Å². The number of likely N-dealkylation sites (N-methyl/N-ethyl adjacent to an activating group) is 1. The fourth-order valence-electron chi connectivity index (χ4n) is 2.35. The number of hydrogen-bond donors (Lipinski definition) is 1. The molecule has 1 aliphatic heterocycles. The molecule has 0 bridgehead atoms. The average molecular weight is 338 g/mol. The van der Waals surface area contributed by atoms with E-state index in [4.69, 9.17) is 0 Å². The largest absolute Gasteiger partial charge is 0.507 e. The van der Waals surface area contributed by atoms with Crippen molar-refractivity contribution in [1.29, 1.82) is 0 Å². The number of aliphatic imine (C=N–C) groups is 1. The van der Waals surface area contributed by atoms with Gasteiger partial charge in [-0.1, -0.05) is 35.9 Å². The van der Waals surface area contributed by atoms with Crippen molar-refractivity contribution in [1.82, 2.24) is 4.90 Å². The Morgan fingerprint density at radius 2 is 1.88 bits per heavy atom. The number of amidine groups is 1. The third kappa shape index (κ3) is 3.36. The Kier molecular flexibility index (Phi) is 4.71. The standard InChI is InChI=1S/C19H18N2O2S/c1-3-21-18(23)17(12-14-6-4-5-7-16(14)22)24-19(21)20-15-10-8-13(2)9-11-15/h4-12,22H,3H2,1-2H3/b17-12+,20-19?. The molecule has 0 atom stereocenters. The first-order chi connectivity index (χ1) is 11.6. The molecule has 122 valence electrons. The van der Waals surface area contributed by atoms with E-state index in [1.165, 1.54) is 17.3 Å². The molecule has 1 N–H and O–H groups in total. The molecule has 0 unspecified atom stereocenters. The molecule has 4 nitrogen and oxygen atoms in total. The first-order valence-corrected chi connectivity index (χ1v) is 8.55. The Hall–Kier alpha value is -2.53. The Balaban J connectivity index is 1.94. The van der Waals surface area contributed by atoms with Crippen molar-refractivity contribution in [2.45, 2.75) is 13.8 Å². The summed E-state index contributed by atoms with van der Waals surface area (Å²) in [6.07, 6.45) is 1.71. The highest BCUT2D eigenvalue weighted by Gasteiger charge is 2.32. The van der Waals surface area contributed by atoms with Crippen LogP contribution in [-0.4, -0.2) is 27.6 Å². The second kappa shape index (κ2) is 6.93. The lowest BCUT2D eigenvalue weighted by atomic mass is 10.2. The van der Waals surface area contributed by atoms with E-state index >= 15 is 0 Å². The minimum absolute atomic E-state index is 0.0865. The number of para-hydroxylation sites is 1. The topological polar surface area (TPSA) is 52.9 Å². The van der Waals surface area contributed by atoms with Crippen LogP contribution in [0.2, 0.25) is 0 Å². The van der Waals surface area contributed by atoms with Gasteiger partial charge in [0.25, 0.3) is 5.91 Å². The predicted octanol–water partition coefficient (Wildman–Crippen LogP) is 4.32. The third-order valence-electron chi connectivity index (χ3n) is 3.69. The normalized spacial score (nSPS) is 17.9. The molecular formula is C19H18N2O2S. The molecule has 0 radical (unpaired) electrons. The highest BCUT2D eigenvalue weighted by Crippen LogP contribution is 2.35. The SMILES string of the molecule is CCN1C(=O)/C(=C\c2ccccc2O)SC1=Nc1ccc(C)cc1.